The van der Waals surface area contributed by atoms with Crippen molar-refractivity contribution in [1.82, 2.24) is 5.32 Å². The Morgan fingerprint density at radius 2 is 2.10 bits per heavy atom. The quantitative estimate of drug-likeness (QED) is 0.879. The normalized spacial score (nSPS) is 17.8. The molecule has 1 aromatic carbocycles. The van der Waals surface area contributed by atoms with E-state index in [2.05, 4.69) is 5.32 Å². The molecule has 1 amide bonds. The maximum absolute atomic E-state index is 13.4. The lowest BCUT2D eigenvalue weighted by Crippen LogP contribution is -2.45. The average Bonchev–Trinajstić information content (AvgIpc) is 2.48. The molecule has 3 nitrogen and oxygen atoms in total. The number of amides is 1. The van der Waals surface area contributed by atoms with Crippen molar-refractivity contribution < 1.29 is 14.3 Å². The average molecular weight is 309 g/mol. The standard InChI is InChI=1S/C16H20FNO2S/c17-14-6-2-1-4-13(14)5-3-7-15(19)18-12-16(20)8-10-21-11-9-16/h1-6,20H,7-12H2,(H,18,19). The molecule has 114 valence electrons. The van der Waals surface area contributed by atoms with E-state index in [1.807, 2.05) is 11.8 Å². The number of benzene rings is 1. The van der Waals surface area contributed by atoms with E-state index in [1.54, 1.807) is 30.4 Å². The molecule has 2 N–H and O–H groups in total. The van der Waals surface area contributed by atoms with Crippen LogP contribution < -0.4 is 5.32 Å². The number of carbonyl (C=O) groups is 1. The number of rotatable bonds is 5. The Morgan fingerprint density at radius 3 is 2.81 bits per heavy atom. The summed E-state index contributed by atoms with van der Waals surface area (Å²) in [5.41, 5.74) is -0.302. The second-order valence-corrected chi connectivity index (χ2v) is 6.47. The number of aliphatic hydroxyl groups is 1. The predicted octanol–water partition coefficient (Wildman–Crippen LogP) is 2.60. The number of hydrogen-bond donors (Lipinski definition) is 2. The highest BCUT2D eigenvalue weighted by atomic mass is 32.2. The molecule has 1 aromatic rings. The van der Waals surface area contributed by atoms with Gasteiger partial charge in [-0.1, -0.05) is 30.4 Å². The zero-order valence-corrected chi connectivity index (χ0v) is 12.7. The van der Waals surface area contributed by atoms with Gasteiger partial charge < -0.3 is 10.4 Å². The zero-order chi connectivity index (χ0) is 15.1. The van der Waals surface area contributed by atoms with Crippen molar-refractivity contribution in [2.24, 2.45) is 0 Å². The van der Waals surface area contributed by atoms with Gasteiger partial charge in [-0.15, -0.1) is 0 Å². The minimum absolute atomic E-state index is 0.158. The van der Waals surface area contributed by atoms with Gasteiger partial charge in [0, 0.05) is 18.5 Å². The van der Waals surface area contributed by atoms with Gasteiger partial charge in [-0.05, 0) is 30.4 Å². The smallest absolute Gasteiger partial charge is 0.223 e. The van der Waals surface area contributed by atoms with Crippen molar-refractivity contribution in [2.45, 2.75) is 24.9 Å². The summed E-state index contributed by atoms with van der Waals surface area (Å²) in [6.07, 6.45) is 4.83. The van der Waals surface area contributed by atoms with Crippen LogP contribution in [0.3, 0.4) is 0 Å². The van der Waals surface area contributed by atoms with Crippen LogP contribution in [0.5, 0.6) is 0 Å². The van der Waals surface area contributed by atoms with Gasteiger partial charge in [0.15, 0.2) is 0 Å². The minimum Gasteiger partial charge on any atom is -0.388 e. The van der Waals surface area contributed by atoms with Gasteiger partial charge in [0.05, 0.1) is 5.60 Å². The molecule has 0 radical (unpaired) electrons. The van der Waals surface area contributed by atoms with Crippen molar-refractivity contribution in [2.75, 3.05) is 18.1 Å². The fourth-order valence-corrected chi connectivity index (χ4v) is 3.42. The van der Waals surface area contributed by atoms with E-state index in [0.717, 1.165) is 11.5 Å². The first-order valence-corrected chi connectivity index (χ1v) is 8.22. The van der Waals surface area contributed by atoms with Crippen LogP contribution in [0.2, 0.25) is 0 Å². The Balaban J connectivity index is 1.76. The molecule has 5 heteroatoms. The summed E-state index contributed by atoms with van der Waals surface area (Å²) >= 11 is 1.82. The molecule has 0 saturated carbocycles. The third-order valence-corrected chi connectivity index (χ3v) is 4.53. The lowest BCUT2D eigenvalue weighted by atomic mass is 9.97. The molecular weight excluding hydrogens is 289 g/mol. The van der Waals surface area contributed by atoms with E-state index in [9.17, 15) is 14.3 Å². The second-order valence-electron chi connectivity index (χ2n) is 5.24. The van der Waals surface area contributed by atoms with Crippen molar-refractivity contribution in [1.29, 1.82) is 0 Å². The van der Waals surface area contributed by atoms with E-state index >= 15 is 0 Å². The van der Waals surface area contributed by atoms with Gasteiger partial charge >= 0.3 is 0 Å². The maximum atomic E-state index is 13.4. The Kier molecular flexibility index (Phi) is 5.82. The summed E-state index contributed by atoms with van der Waals surface area (Å²) < 4.78 is 13.4. The molecule has 0 aromatic heterocycles. The fraction of sp³-hybridized carbons (Fsp3) is 0.438. The van der Waals surface area contributed by atoms with Crippen LogP contribution >= 0.6 is 11.8 Å². The Morgan fingerprint density at radius 1 is 1.38 bits per heavy atom. The monoisotopic (exact) mass is 309 g/mol. The predicted molar refractivity (Wildman–Crippen MR) is 84.6 cm³/mol. The molecule has 0 atom stereocenters. The van der Waals surface area contributed by atoms with Crippen molar-refractivity contribution in [3.05, 3.63) is 41.7 Å². The fourth-order valence-electron chi connectivity index (χ4n) is 2.17. The Bertz CT molecular complexity index is 513. The highest BCUT2D eigenvalue weighted by Crippen LogP contribution is 2.26. The summed E-state index contributed by atoms with van der Waals surface area (Å²) in [5.74, 6) is 1.40. The Hall–Kier alpha value is -1.33. The summed E-state index contributed by atoms with van der Waals surface area (Å²) in [5, 5.41) is 13.0. The van der Waals surface area contributed by atoms with Crippen LogP contribution in [0.25, 0.3) is 6.08 Å². The van der Waals surface area contributed by atoms with Crippen LogP contribution in [0.1, 0.15) is 24.8 Å². The molecule has 0 unspecified atom stereocenters. The third-order valence-electron chi connectivity index (χ3n) is 3.54. The lowest BCUT2D eigenvalue weighted by molar-refractivity contribution is -0.121. The molecule has 2 rings (SSSR count). The number of halogens is 1. The van der Waals surface area contributed by atoms with Gasteiger partial charge in [0.25, 0.3) is 0 Å². The summed E-state index contributed by atoms with van der Waals surface area (Å²) in [4.78, 5) is 11.7. The van der Waals surface area contributed by atoms with Crippen LogP contribution in [0, 0.1) is 5.82 Å². The SMILES string of the molecule is O=C(CC=Cc1ccccc1F)NCC1(O)CCSCC1. The maximum Gasteiger partial charge on any atom is 0.223 e. The van der Waals surface area contributed by atoms with Gasteiger partial charge in [0.2, 0.25) is 5.91 Å². The number of nitrogens with one attached hydrogen (secondary N) is 1. The first kappa shape index (κ1) is 16.0. The first-order valence-electron chi connectivity index (χ1n) is 7.07. The summed E-state index contributed by atoms with van der Waals surface area (Å²) in [6, 6.07) is 6.42. The molecule has 1 fully saturated rings. The van der Waals surface area contributed by atoms with Gasteiger partial charge in [0.1, 0.15) is 5.82 Å². The van der Waals surface area contributed by atoms with Crippen molar-refractivity contribution in [3.8, 4) is 0 Å². The minimum atomic E-state index is -0.768. The van der Waals surface area contributed by atoms with Crippen LogP contribution in [0.15, 0.2) is 30.3 Å². The Labute approximate surface area is 128 Å². The molecule has 0 bridgehead atoms. The molecule has 1 saturated heterocycles. The molecule has 21 heavy (non-hydrogen) atoms. The van der Waals surface area contributed by atoms with Gasteiger partial charge in [-0.2, -0.15) is 11.8 Å². The van der Waals surface area contributed by atoms with Crippen LogP contribution in [0.4, 0.5) is 4.39 Å². The lowest BCUT2D eigenvalue weighted by Gasteiger charge is -2.31. The highest BCUT2D eigenvalue weighted by molar-refractivity contribution is 7.99. The number of hydrogen-bond acceptors (Lipinski definition) is 3. The molecule has 1 heterocycles. The van der Waals surface area contributed by atoms with E-state index < -0.39 is 5.60 Å². The van der Waals surface area contributed by atoms with Crippen LogP contribution in [-0.2, 0) is 4.79 Å². The second kappa shape index (κ2) is 7.61. The molecule has 0 aliphatic carbocycles. The molecular formula is C16H20FNO2S. The summed E-state index contributed by atoms with van der Waals surface area (Å²) in [6.45, 7) is 0.292. The zero-order valence-electron chi connectivity index (χ0n) is 11.8. The number of carbonyl (C=O) groups excluding carboxylic acids is 1. The van der Waals surface area contributed by atoms with Gasteiger partial charge in [-0.3, -0.25) is 4.79 Å². The summed E-state index contributed by atoms with van der Waals surface area (Å²) in [7, 11) is 0. The number of thioether (sulfide) groups is 1. The highest BCUT2D eigenvalue weighted by Gasteiger charge is 2.29. The van der Waals surface area contributed by atoms with Gasteiger partial charge in [-0.25, -0.2) is 4.39 Å². The van der Waals surface area contributed by atoms with Crippen molar-refractivity contribution >= 4 is 23.7 Å². The van der Waals surface area contributed by atoms with Crippen LogP contribution in [-0.4, -0.2) is 34.7 Å². The third kappa shape index (κ3) is 5.17. The largest absolute Gasteiger partial charge is 0.388 e. The molecule has 1 aliphatic heterocycles. The first-order chi connectivity index (χ1) is 10.1. The topological polar surface area (TPSA) is 49.3 Å². The van der Waals surface area contributed by atoms with E-state index in [-0.39, 0.29) is 18.1 Å². The van der Waals surface area contributed by atoms with Crippen molar-refractivity contribution in [3.63, 3.8) is 0 Å². The molecule has 1 aliphatic rings. The van der Waals surface area contributed by atoms with E-state index in [4.69, 9.17) is 0 Å². The molecule has 0 spiro atoms. The van der Waals surface area contributed by atoms with E-state index in [1.165, 1.54) is 6.07 Å². The van der Waals surface area contributed by atoms with E-state index in [0.29, 0.717) is 24.9 Å².